The third-order valence-corrected chi connectivity index (χ3v) is 2.79. The van der Waals surface area contributed by atoms with E-state index >= 15 is 0 Å². The highest BCUT2D eigenvalue weighted by atomic mass is 16.1. The molecule has 4 heteroatoms. The third kappa shape index (κ3) is 3.95. The Labute approximate surface area is 118 Å². The fourth-order valence-electron chi connectivity index (χ4n) is 1.76. The van der Waals surface area contributed by atoms with Gasteiger partial charge in [0.25, 0.3) is 0 Å². The van der Waals surface area contributed by atoms with Crippen LogP contribution in [0.2, 0.25) is 0 Å². The minimum atomic E-state index is -0.167. The van der Waals surface area contributed by atoms with E-state index in [1.807, 2.05) is 43.3 Å². The summed E-state index contributed by atoms with van der Waals surface area (Å²) in [5, 5.41) is 6.04. The zero-order valence-corrected chi connectivity index (χ0v) is 11.4. The molecule has 4 nitrogen and oxygen atoms in total. The summed E-state index contributed by atoms with van der Waals surface area (Å²) in [6.45, 7) is 5.87. The Morgan fingerprint density at radius 3 is 2.65 bits per heavy atom. The summed E-state index contributed by atoms with van der Waals surface area (Å²) in [7, 11) is 0. The average molecular weight is 267 g/mol. The number of aryl methyl sites for hydroxylation is 1. The number of nitrogens with zero attached hydrogens (tertiary/aromatic N) is 1. The van der Waals surface area contributed by atoms with E-state index in [0.29, 0.717) is 6.54 Å². The summed E-state index contributed by atoms with van der Waals surface area (Å²) in [4.78, 5) is 15.2. The molecule has 0 fully saturated rings. The van der Waals surface area contributed by atoms with Crippen LogP contribution in [0, 0.1) is 6.92 Å². The number of hydrogen-bond donors (Lipinski definition) is 2. The summed E-state index contributed by atoms with van der Waals surface area (Å²) in [5.74, 6) is -0.167. The molecule has 0 aliphatic heterocycles. The van der Waals surface area contributed by atoms with Crippen molar-refractivity contribution in [2.24, 2.45) is 0 Å². The zero-order valence-electron chi connectivity index (χ0n) is 11.4. The number of anilines is 2. The van der Waals surface area contributed by atoms with Gasteiger partial charge in [-0.15, -0.1) is 0 Å². The third-order valence-electron chi connectivity index (χ3n) is 2.79. The second kappa shape index (κ2) is 6.52. The maximum atomic E-state index is 11.1. The number of carbonyl (C=O) groups excluding carboxylic acids is 1. The first-order chi connectivity index (χ1) is 9.67. The molecule has 102 valence electrons. The number of benzene rings is 1. The first kappa shape index (κ1) is 13.8. The molecule has 0 unspecified atom stereocenters. The molecule has 20 heavy (non-hydrogen) atoms. The Morgan fingerprint density at radius 1 is 1.25 bits per heavy atom. The van der Waals surface area contributed by atoms with Crippen LogP contribution in [0.4, 0.5) is 11.4 Å². The van der Waals surface area contributed by atoms with Crippen molar-refractivity contribution in [1.29, 1.82) is 0 Å². The van der Waals surface area contributed by atoms with Gasteiger partial charge < -0.3 is 10.6 Å². The Hall–Kier alpha value is -2.62. The Balaban J connectivity index is 1.97. The van der Waals surface area contributed by atoms with Crippen LogP contribution in [0.25, 0.3) is 0 Å². The lowest BCUT2D eigenvalue weighted by atomic mass is 10.2. The van der Waals surface area contributed by atoms with Gasteiger partial charge in [-0.3, -0.25) is 9.78 Å². The van der Waals surface area contributed by atoms with Crippen molar-refractivity contribution in [2.75, 3.05) is 5.32 Å². The van der Waals surface area contributed by atoms with E-state index < -0.39 is 0 Å². The van der Waals surface area contributed by atoms with E-state index in [9.17, 15) is 4.79 Å². The molecule has 0 radical (unpaired) electrons. The molecule has 1 aromatic heterocycles. The van der Waals surface area contributed by atoms with Crippen LogP contribution < -0.4 is 10.6 Å². The van der Waals surface area contributed by atoms with E-state index in [4.69, 9.17) is 0 Å². The lowest BCUT2D eigenvalue weighted by Gasteiger charge is -2.08. The van der Waals surface area contributed by atoms with Crippen molar-refractivity contribution >= 4 is 17.3 Å². The van der Waals surface area contributed by atoms with E-state index in [2.05, 4.69) is 22.2 Å². The van der Waals surface area contributed by atoms with Gasteiger partial charge in [0.2, 0.25) is 5.91 Å². The Kier molecular flexibility index (Phi) is 4.50. The Bertz CT molecular complexity index is 605. The highest BCUT2D eigenvalue weighted by molar-refractivity contribution is 5.86. The second-order valence-corrected chi connectivity index (χ2v) is 4.43. The normalized spacial score (nSPS) is 9.85. The van der Waals surface area contributed by atoms with Crippen LogP contribution in [0.15, 0.2) is 55.3 Å². The second-order valence-electron chi connectivity index (χ2n) is 4.43. The summed E-state index contributed by atoms with van der Waals surface area (Å²) in [5.41, 5.74) is 4.01. The number of pyridine rings is 1. The van der Waals surface area contributed by atoms with E-state index in [1.165, 1.54) is 6.08 Å². The maximum Gasteiger partial charge on any atom is 0.243 e. The van der Waals surface area contributed by atoms with Gasteiger partial charge in [0.05, 0.1) is 0 Å². The highest BCUT2D eigenvalue weighted by Crippen LogP contribution is 2.17. The van der Waals surface area contributed by atoms with Crippen molar-refractivity contribution in [3.63, 3.8) is 0 Å². The van der Waals surface area contributed by atoms with Crippen molar-refractivity contribution in [2.45, 2.75) is 13.5 Å². The Morgan fingerprint density at radius 2 is 2.00 bits per heavy atom. The van der Waals surface area contributed by atoms with Crippen molar-refractivity contribution < 1.29 is 4.79 Å². The molecule has 0 spiro atoms. The maximum absolute atomic E-state index is 11.1. The molecule has 2 aromatic rings. The molecular weight excluding hydrogens is 250 g/mol. The molecule has 1 amide bonds. The molecule has 0 saturated heterocycles. The average Bonchev–Trinajstić information content (AvgIpc) is 2.46. The van der Waals surface area contributed by atoms with Crippen LogP contribution in [0.5, 0.6) is 0 Å². The van der Waals surface area contributed by atoms with Gasteiger partial charge in [0.1, 0.15) is 0 Å². The van der Waals surface area contributed by atoms with E-state index in [-0.39, 0.29) is 5.91 Å². The van der Waals surface area contributed by atoms with Gasteiger partial charge in [-0.2, -0.15) is 0 Å². The topological polar surface area (TPSA) is 54.0 Å². The molecule has 2 N–H and O–H groups in total. The minimum Gasteiger partial charge on any atom is -0.355 e. The van der Waals surface area contributed by atoms with Crippen molar-refractivity contribution in [1.82, 2.24) is 10.3 Å². The molecule has 0 bridgehead atoms. The minimum absolute atomic E-state index is 0.167. The van der Waals surface area contributed by atoms with Gasteiger partial charge in [0, 0.05) is 29.8 Å². The van der Waals surface area contributed by atoms with Crippen LogP contribution in [-0.4, -0.2) is 10.9 Å². The summed E-state index contributed by atoms with van der Waals surface area (Å²) in [6.07, 6.45) is 3.04. The predicted molar refractivity (Wildman–Crippen MR) is 80.7 cm³/mol. The van der Waals surface area contributed by atoms with Crippen LogP contribution in [0.1, 0.15) is 11.3 Å². The summed E-state index contributed by atoms with van der Waals surface area (Å²) >= 11 is 0. The van der Waals surface area contributed by atoms with Crippen LogP contribution in [-0.2, 0) is 11.3 Å². The fourth-order valence-corrected chi connectivity index (χ4v) is 1.76. The smallest absolute Gasteiger partial charge is 0.243 e. The quantitative estimate of drug-likeness (QED) is 0.819. The fraction of sp³-hybridized carbons (Fsp3) is 0.125. The van der Waals surface area contributed by atoms with Crippen molar-refractivity contribution in [3.8, 4) is 0 Å². The first-order valence-electron chi connectivity index (χ1n) is 6.36. The monoisotopic (exact) mass is 267 g/mol. The predicted octanol–water partition coefficient (Wildman–Crippen LogP) is 2.94. The molecule has 1 aromatic carbocycles. The summed E-state index contributed by atoms with van der Waals surface area (Å²) in [6, 6.07) is 11.8. The van der Waals surface area contributed by atoms with Gasteiger partial charge >= 0.3 is 0 Å². The van der Waals surface area contributed by atoms with Gasteiger partial charge in [-0.1, -0.05) is 18.7 Å². The molecular formula is C16H17N3O. The highest BCUT2D eigenvalue weighted by Gasteiger charge is 1.98. The lowest BCUT2D eigenvalue weighted by molar-refractivity contribution is -0.116. The standard InChI is InChI=1S/C16H17N3O/c1-3-16(20)18-11-13-4-6-14(7-5-13)19-15-8-9-17-12(2)10-15/h3-10H,1,11H2,2H3,(H,17,19)(H,18,20). The van der Waals surface area contributed by atoms with Crippen molar-refractivity contribution in [3.05, 3.63) is 66.5 Å². The molecule has 0 atom stereocenters. The molecule has 0 saturated carbocycles. The van der Waals surface area contributed by atoms with E-state index in [1.54, 1.807) is 6.20 Å². The number of hydrogen-bond acceptors (Lipinski definition) is 3. The summed E-state index contributed by atoms with van der Waals surface area (Å²) < 4.78 is 0. The number of aromatic nitrogens is 1. The molecule has 2 rings (SSSR count). The SMILES string of the molecule is C=CC(=O)NCc1ccc(Nc2ccnc(C)c2)cc1. The number of rotatable bonds is 5. The van der Waals surface area contributed by atoms with Crippen LogP contribution >= 0.6 is 0 Å². The van der Waals surface area contributed by atoms with E-state index in [0.717, 1.165) is 22.6 Å². The largest absolute Gasteiger partial charge is 0.355 e. The first-order valence-corrected chi connectivity index (χ1v) is 6.36. The number of amides is 1. The van der Waals surface area contributed by atoms with Gasteiger partial charge in [0.15, 0.2) is 0 Å². The zero-order chi connectivity index (χ0) is 14.4. The van der Waals surface area contributed by atoms with Gasteiger partial charge in [-0.25, -0.2) is 0 Å². The van der Waals surface area contributed by atoms with Gasteiger partial charge in [-0.05, 0) is 42.8 Å². The molecule has 0 aliphatic carbocycles. The molecule has 0 aliphatic rings. The lowest BCUT2D eigenvalue weighted by Crippen LogP contribution is -2.19. The molecule has 1 heterocycles. The number of nitrogens with one attached hydrogen (secondary N) is 2. The van der Waals surface area contributed by atoms with Crippen LogP contribution in [0.3, 0.4) is 0 Å². The number of carbonyl (C=O) groups is 1.